The molecule has 0 aliphatic heterocycles. The van der Waals surface area contributed by atoms with E-state index in [1.807, 2.05) is 11.6 Å². The van der Waals surface area contributed by atoms with Crippen molar-refractivity contribution in [3.8, 4) is 0 Å². The van der Waals surface area contributed by atoms with Crippen molar-refractivity contribution in [2.45, 2.75) is 13.0 Å². The summed E-state index contributed by atoms with van der Waals surface area (Å²) in [6.07, 6.45) is 2.75. The minimum Gasteiger partial charge on any atom is -0.379 e. The van der Waals surface area contributed by atoms with Crippen molar-refractivity contribution in [2.24, 2.45) is 0 Å². The molecule has 0 aliphatic rings. The summed E-state index contributed by atoms with van der Waals surface area (Å²) in [5, 5.41) is 6.42. The van der Waals surface area contributed by atoms with Crippen molar-refractivity contribution >= 4 is 28.6 Å². The molecular formula is C12H13ClN2S. The van der Waals surface area contributed by atoms with Crippen LogP contribution in [0, 0.1) is 0 Å². The molecule has 1 heterocycles. The van der Waals surface area contributed by atoms with Crippen molar-refractivity contribution in [3.05, 3.63) is 46.4 Å². The molecule has 0 spiro atoms. The Morgan fingerprint density at radius 1 is 1.25 bits per heavy atom. The van der Waals surface area contributed by atoms with Crippen molar-refractivity contribution in [3.63, 3.8) is 0 Å². The van der Waals surface area contributed by atoms with Crippen LogP contribution in [0.3, 0.4) is 0 Å². The average Bonchev–Trinajstić information content (AvgIpc) is 2.82. The molecule has 0 bridgehead atoms. The van der Waals surface area contributed by atoms with Crippen LogP contribution in [0.4, 0.5) is 5.69 Å². The summed E-state index contributed by atoms with van der Waals surface area (Å²) in [4.78, 5) is 4.22. The Bertz CT molecular complexity index is 411. The maximum Gasteiger partial charge on any atom is 0.112 e. The van der Waals surface area contributed by atoms with Gasteiger partial charge in [-0.05, 0) is 24.1 Å². The summed E-state index contributed by atoms with van der Waals surface area (Å²) in [7, 11) is 0. The highest BCUT2D eigenvalue weighted by molar-refractivity contribution is 7.09. The van der Waals surface area contributed by atoms with E-state index < -0.39 is 0 Å². The second-order valence-electron chi connectivity index (χ2n) is 3.42. The average molecular weight is 253 g/mol. The molecule has 16 heavy (non-hydrogen) atoms. The predicted molar refractivity (Wildman–Crippen MR) is 70.3 cm³/mol. The molecular weight excluding hydrogens is 240 g/mol. The minimum absolute atomic E-state index is 0.673. The number of rotatable bonds is 5. The largest absolute Gasteiger partial charge is 0.379 e. The molecule has 0 radical (unpaired) electrons. The molecule has 1 N–H and O–H groups in total. The fourth-order valence-corrected chi connectivity index (χ4v) is 2.19. The number of hydrogen-bond acceptors (Lipinski definition) is 3. The fourth-order valence-electron chi connectivity index (χ4n) is 1.42. The second-order valence-corrected chi connectivity index (χ2v) is 4.77. The van der Waals surface area contributed by atoms with Crippen molar-refractivity contribution in [1.82, 2.24) is 4.98 Å². The Kier molecular flexibility index (Phi) is 4.19. The topological polar surface area (TPSA) is 24.9 Å². The van der Waals surface area contributed by atoms with E-state index in [9.17, 15) is 0 Å². The van der Waals surface area contributed by atoms with Crippen molar-refractivity contribution in [1.29, 1.82) is 0 Å². The fraction of sp³-hybridized carbons (Fsp3) is 0.250. The molecule has 1 aromatic heterocycles. The normalized spacial score (nSPS) is 10.3. The summed E-state index contributed by atoms with van der Waals surface area (Å²) >= 11 is 7.34. The van der Waals surface area contributed by atoms with Gasteiger partial charge in [-0.15, -0.1) is 22.9 Å². The monoisotopic (exact) mass is 252 g/mol. The van der Waals surface area contributed by atoms with Gasteiger partial charge in [-0.2, -0.15) is 0 Å². The first-order valence-electron chi connectivity index (χ1n) is 5.15. The lowest BCUT2D eigenvalue weighted by molar-refractivity contribution is 1.10. The van der Waals surface area contributed by atoms with Gasteiger partial charge >= 0.3 is 0 Å². The highest BCUT2D eigenvalue weighted by atomic mass is 35.5. The third-order valence-electron chi connectivity index (χ3n) is 2.26. The van der Waals surface area contributed by atoms with Crippen molar-refractivity contribution < 1.29 is 0 Å². The van der Waals surface area contributed by atoms with E-state index in [4.69, 9.17) is 11.6 Å². The molecule has 2 nitrogen and oxygen atoms in total. The van der Waals surface area contributed by atoms with E-state index in [0.717, 1.165) is 23.7 Å². The predicted octanol–water partition coefficient (Wildman–Crippen LogP) is 3.54. The number of alkyl halides is 1. The summed E-state index contributed by atoms with van der Waals surface area (Å²) in [6.45, 7) is 0.784. The summed E-state index contributed by atoms with van der Waals surface area (Å²) in [5.74, 6) is 0.673. The van der Waals surface area contributed by atoms with Crippen LogP contribution < -0.4 is 5.32 Å². The summed E-state index contributed by atoms with van der Waals surface area (Å²) < 4.78 is 0. The van der Waals surface area contributed by atoms with Gasteiger partial charge in [0, 0.05) is 23.1 Å². The van der Waals surface area contributed by atoms with Crippen LogP contribution >= 0.6 is 22.9 Å². The molecule has 0 saturated carbocycles. The Morgan fingerprint density at radius 2 is 2.06 bits per heavy atom. The van der Waals surface area contributed by atoms with Gasteiger partial charge < -0.3 is 5.32 Å². The van der Waals surface area contributed by atoms with Gasteiger partial charge in [-0.1, -0.05) is 12.1 Å². The third kappa shape index (κ3) is 3.22. The number of nitrogens with one attached hydrogen (secondary N) is 1. The lowest BCUT2D eigenvalue weighted by atomic mass is 10.1. The van der Waals surface area contributed by atoms with Crippen LogP contribution in [0.25, 0.3) is 0 Å². The van der Waals surface area contributed by atoms with Crippen LogP contribution in [0.1, 0.15) is 10.6 Å². The second kappa shape index (κ2) is 5.87. The third-order valence-corrected chi connectivity index (χ3v) is 3.23. The Balaban J connectivity index is 1.90. The highest BCUT2D eigenvalue weighted by Crippen LogP contribution is 2.12. The lowest BCUT2D eigenvalue weighted by Gasteiger charge is -2.05. The SMILES string of the molecule is ClCCc1ccc(NCc2nccs2)cc1. The van der Waals surface area contributed by atoms with E-state index in [-0.39, 0.29) is 0 Å². The zero-order chi connectivity index (χ0) is 11.2. The summed E-state index contributed by atoms with van der Waals surface area (Å²) in [5.41, 5.74) is 2.39. The van der Waals surface area contributed by atoms with Crippen LogP contribution in [0.2, 0.25) is 0 Å². The molecule has 0 amide bonds. The molecule has 0 fully saturated rings. The first kappa shape index (κ1) is 11.4. The molecule has 84 valence electrons. The lowest BCUT2D eigenvalue weighted by Crippen LogP contribution is -1.98. The van der Waals surface area contributed by atoms with E-state index in [2.05, 4.69) is 34.6 Å². The quantitative estimate of drug-likeness (QED) is 0.824. The van der Waals surface area contributed by atoms with Gasteiger partial charge in [-0.25, -0.2) is 4.98 Å². The van der Waals surface area contributed by atoms with Crippen LogP contribution in [0.15, 0.2) is 35.8 Å². The number of aryl methyl sites for hydroxylation is 1. The van der Waals surface area contributed by atoms with Crippen LogP contribution in [-0.4, -0.2) is 10.9 Å². The number of nitrogens with zero attached hydrogens (tertiary/aromatic N) is 1. The molecule has 2 rings (SSSR count). The number of halogens is 1. The van der Waals surface area contributed by atoms with Crippen molar-refractivity contribution in [2.75, 3.05) is 11.2 Å². The van der Waals surface area contributed by atoms with Gasteiger partial charge in [-0.3, -0.25) is 0 Å². The van der Waals surface area contributed by atoms with Gasteiger partial charge in [0.2, 0.25) is 0 Å². The highest BCUT2D eigenvalue weighted by Gasteiger charge is 1.96. The molecule has 0 atom stereocenters. The van der Waals surface area contributed by atoms with Gasteiger partial charge in [0.1, 0.15) is 5.01 Å². The maximum absolute atomic E-state index is 5.68. The van der Waals surface area contributed by atoms with E-state index in [1.165, 1.54) is 5.56 Å². The Hall–Kier alpha value is -1.06. The van der Waals surface area contributed by atoms with Crippen LogP contribution in [-0.2, 0) is 13.0 Å². The van der Waals surface area contributed by atoms with E-state index in [1.54, 1.807) is 11.3 Å². The summed E-state index contributed by atoms with van der Waals surface area (Å²) in [6, 6.07) is 8.37. The number of anilines is 1. The number of hydrogen-bond donors (Lipinski definition) is 1. The molecule has 1 aromatic carbocycles. The van der Waals surface area contributed by atoms with Gasteiger partial charge in [0.05, 0.1) is 6.54 Å². The Morgan fingerprint density at radius 3 is 2.69 bits per heavy atom. The number of aromatic nitrogens is 1. The smallest absolute Gasteiger partial charge is 0.112 e. The Labute approximate surface area is 104 Å². The molecule has 4 heteroatoms. The molecule has 0 saturated heterocycles. The number of benzene rings is 1. The first-order valence-corrected chi connectivity index (χ1v) is 6.57. The minimum atomic E-state index is 0.673. The molecule has 0 unspecified atom stereocenters. The van der Waals surface area contributed by atoms with Gasteiger partial charge in [0.25, 0.3) is 0 Å². The molecule has 2 aromatic rings. The molecule has 0 aliphatic carbocycles. The maximum atomic E-state index is 5.68. The zero-order valence-electron chi connectivity index (χ0n) is 8.82. The standard InChI is InChI=1S/C12H13ClN2S/c13-6-5-10-1-3-11(4-2-10)15-9-12-14-7-8-16-12/h1-4,7-8,15H,5-6,9H2. The van der Waals surface area contributed by atoms with E-state index in [0.29, 0.717) is 5.88 Å². The van der Waals surface area contributed by atoms with Gasteiger partial charge in [0.15, 0.2) is 0 Å². The van der Waals surface area contributed by atoms with Crippen LogP contribution in [0.5, 0.6) is 0 Å². The van der Waals surface area contributed by atoms with E-state index >= 15 is 0 Å². The first-order chi connectivity index (χ1) is 7.88. The zero-order valence-corrected chi connectivity index (χ0v) is 10.4. The number of thiazole rings is 1.